The lowest BCUT2D eigenvalue weighted by atomic mass is 10.2. The van der Waals surface area contributed by atoms with Crippen LogP contribution in [0.25, 0.3) is 5.65 Å². The van der Waals surface area contributed by atoms with Crippen LogP contribution in [0.1, 0.15) is 17.8 Å². The molecule has 0 spiro atoms. The lowest BCUT2D eigenvalue weighted by Crippen LogP contribution is -2.52. The van der Waals surface area contributed by atoms with Crippen molar-refractivity contribution in [1.82, 2.24) is 29.7 Å². The highest BCUT2D eigenvalue weighted by Crippen LogP contribution is 2.14. The number of guanidine groups is 1. The van der Waals surface area contributed by atoms with Gasteiger partial charge in [0.2, 0.25) is 0 Å². The van der Waals surface area contributed by atoms with Gasteiger partial charge in [-0.1, -0.05) is 29.8 Å². The highest BCUT2D eigenvalue weighted by atomic mass is 127. The Morgan fingerprint density at radius 2 is 1.94 bits per heavy atom. The summed E-state index contributed by atoms with van der Waals surface area (Å²) in [5.74, 6) is 1.97. The molecule has 0 aliphatic carbocycles. The minimum Gasteiger partial charge on any atom is -0.356 e. The molecule has 3 heterocycles. The summed E-state index contributed by atoms with van der Waals surface area (Å²) in [6, 6.07) is 14.1. The first kappa shape index (κ1) is 23.7. The second-order valence-electron chi connectivity index (χ2n) is 7.52. The van der Waals surface area contributed by atoms with E-state index in [0.29, 0.717) is 0 Å². The van der Waals surface area contributed by atoms with Crippen LogP contribution in [0.5, 0.6) is 0 Å². The molecule has 0 bridgehead atoms. The highest BCUT2D eigenvalue weighted by Gasteiger charge is 2.19. The maximum Gasteiger partial charge on any atom is 0.193 e. The number of aryl methyl sites for hydroxylation is 1. The van der Waals surface area contributed by atoms with Crippen LogP contribution in [0.15, 0.2) is 53.7 Å². The van der Waals surface area contributed by atoms with E-state index in [-0.39, 0.29) is 24.0 Å². The van der Waals surface area contributed by atoms with E-state index in [0.717, 1.165) is 74.6 Å². The van der Waals surface area contributed by atoms with Gasteiger partial charge in [-0.25, -0.2) is 0 Å². The largest absolute Gasteiger partial charge is 0.356 e. The molecule has 3 aromatic rings. The lowest BCUT2D eigenvalue weighted by molar-refractivity contribution is 0.172. The molecular formula is C22H29ClIN7. The van der Waals surface area contributed by atoms with Gasteiger partial charge >= 0.3 is 0 Å². The van der Waals surface area contributed by atoms with Gasteiger partial charge in [-0.3, -0.25) is 14.3 Å². The Bertz CT molecular complexity index is 998. The van der Waals surface area contributed by atoms with Gasteiger partial charge in [0.05, 0.1) is 0 Å². The number of benzene rings is 1. The van der Waals surface area contributed by atoms with Crippen molar-refractivity contribution in [3.8, 4) is 0 Å². The summed E-state index contributed by atoms with van der Waals surface area (Å²) >= 11 is 6.11. The summed E-state index contributed by atoms with van der Waals surface area (Å²) in [5.41, 5.74) is 2.16. The molecule has 0 unspecified atom stereocenters. The molecule has 0 atom stereocenters. The predicted octanol–water partition coefficient (Wildman–Crippen LogP) is 3.33. The van der Waals surface area contributed by atoms with Gasteiger partial charge in [-0.05, 0) is 36.2 Å². The standard InChI is InChI=1S/C22H28ClN7.HI/c1-24-22(25-10-5-9-21-27-26-20-8-2-3-11-30(20)21)29-14-12-28(13-15-29)17-18-6-4-7-19(23)16-18;/h2-4,6-8,11,16H,5,9-10,12-15,17H2,1H3,(H,24,25);1H. The Morgan fingerprint density at radius 3 is 2.71 bits per heavy atom. The second-order valence-corrected chi connectivity index (χ2v) is 7.95. The molecular weight excluding hydrogens is 525 g/mol. The Balaban J connectivity index is 0.00000272. The Labute approximate surface area is 205 Å². The van der Waals surface area contributed by atoms with Crippen molar-refractivity contribution in [1.29, 1.82) is 0 Å². The quantitative estimate of drug-likeness (QED) is 0.220. The maximum absolute atomic E-state index is 6.11. The molecule has 9 heteroatoms. The SMILES string of the molecule is CN=C(NCCCc1nnc2ccccn12)N1CCN(Cc2cccc(Cl)c2)CC1.I. The first-order chi connectivity index (χ1) is 14.7. The normalized spacial score (nSPS) is 15.2. The van der Waals surface area contributed by atoms with Gasteiger partial charge in [0.15, 0.2) is 11.6 Å². The molecule has 7 nitrogen and oxygen atoms in total. The fraction of sp³-hybridized carbons (Fsp3) is 0.409. The Morgan fingerprint density at radius 1 is 1.10 bits per heavy atom. The summed E-state index contributed by atoms with van der Waals surface area (Å²) in [6.07, 6.45) is 3.87. The number of aliphatic imine (C=N–C) groups is 1. The van der Waals surface area contributed by atoms with Crippen molar-refractivity contribution in [3.05, 3.63) is 65.1 Å². The third kappa shape index (κ3) is 6.30. The van der Waals surface area contributed by atoms with Crippen molar-refractivity contribution >= 4 is 47.2 Å². The van der Waals surface area contributed by atoms with Crippen LogP contribution < -0.4 is 5.32 Å². The molecule has 4 rings (SSSR count). The van der Waals surface area contributed by atoms with Crippen LogP contribution in [-0.4, -0.2) is 70.1 Å². The van der Waals surface area contributed by atoms with E-state index in [1.165, 1.54) is 5.56 Å². The summed E-state index contributed by atoms with van der Waals surface area (Å²) in [5, 5.41) is 12.8. The summed E-state index contributed by atoms with van der Waals surface area (Å²) < 4.78 is 2.05. The smallest absolute Gasteiger partial charge is 0.193 e. The number of hydrogen-bond donors (Lipinski definition) is 1. The number of piperazine rings is 1. The first-order valence-electron chi connectivity index (χ1n) is 10.4. The van der Waals surface area contributed by atoms with Crippen molar-refractivity contribution in [2.75, 3.05) is 39.8 Å². The third-order valence-electron chi connectivity index (χ3n) is 5.42. The number of fused-ring (bicyclic) bond motifs is 1. The number of nitrogens with one attached hydrogen (secondary N) is 1. The van der Waals surface area contributed by atoms with Crippen LogP contribution in [0.4, 0.5) is 0 Å². The topological polar surface area (TPSA) is 61.1 Å². The molecule has 1 aliphatic rings. The van der Waals surface area contributed by atoms with Crippen molar-refractivity contribution < 1.29 is 0 Å². The molecule has 1 N–H and O–H groups in total. The molecule has 0 radical (unpaired) electrons. The average molecular weight is 554 g/mol. The van der Waals surface area contributed by atoms with Gasteiger partial charge in [-0.2, -0.15) is 0 Å². The van der Waals surface area contributed by atoms with Crippen molar-refractivity contribution in [2.45, 2.75) is 19.4 Å². The Kier molecular flexibility index (Phi) is 8.91. The van der Waals surface area contributed by atoms with Crippen LogP contribution in [0, 0.1) is 0 Å². The summed E-state index contributed by atoms with van der Waals surface area (Å²) in [6.45, 7) is 5.76. The van der Waals surface area contributed by atoms with E-state index < -0.39 is 0 Å². The van der Waals surface area contributed by atoms with Crippen molar-refractivity contribution in [3.63, 3.8) is 0 Å². The van der Waals surface area contributed by atoms with E-state index >= 15 is 0 Å². The molecule has 1 fully saturated rings. The van der Waals surface area contributed by atoms with Crippen LogP contribution in [0.3, 0.4) is 0 Å². The molecule has 31 heavy (non-hydrogen) atoms. The van der Waals surface area contributed by atoms with Gasteiger partial charge in [-0.15, -0.1) is 34.2 Å². The fourth-order valence-electron chi connectivity index (χ4n) is 3.85. The molecule has 166 valence electrons. The average Bonchev–Trinajstić information content (AvgIpc) is 3.18. The van der Waals surface area contributed by atoms with Gasteiger partial charge in [0.1, 0.15) is 5.82 Å². The molecule has 0 amide bonds. The second kappa shape index (κ2) is 11.6. The summed E-state index contributed by atoms with van der Waals surface area (Å²) in [7, 11) is 1.85. The maximum atomic E-state index is 6.11. The van der Waals surface area contributed by atoms with Gasteiger partial charge < -0.3 is 10.2 Å². The minimum atomic E-state index is 0. The zero-order valence-electron chi connectivity index (χ0n) is 17.7. The number of rotatable bonds is 6. The fourth-order valence-corrected chi connectivity index (χ4v) is 4.06. The van der Waals surface area contributed by atoms with E-state index in [1.807, 2.05) is 54.0 Å². The van der Waals surface area contributed by atoms with E-state index in [4.69, 9.17) is 11.6 Å². The number of pyridine rings is 1. The van der Waals surface area contributed by atoms with E-state index in [2.05, 4.69) is 36.4 Å². The molecule has 1 saturated heterocycles. The first-order valence-corrected chi connectivity index (χ1v) is 10.8. The Hall–Kier alpha value is -1.91. The minimum absolute atomic E-state index is 0. The van der Waals surface area contributed by atoms with Crippen LogP contribution >= 0.6 is 35.6 Å². The zero-order chi connectivity index (χ0) is 20.8. The van der Waals surface area contributed by atoms with E-state index in [1.54, 1.807) is 0 Å². The number of nitrogens with zero attached hydrogens (tertiary/aromatic N) is 6. The molecule has 1 aliphatic heterocycles. The summed E-state index contributed by atoms with van der Waals surface area (Å²) in [4.78, 5) is 9.28. The van der Waals surface area contributed by atoms with Crippen LogP contribution in [0.2, 0.25) is 5.02 Å². The lowest BCUT2D eigenvalue weighted by Gasteiger charge is -2.36. The predicted molar refractivity (Wildman–Crippen MR) is 136 cm³/mol. The molecule has 2 aromatic heterocycles. The number of halogens is 2. The monoisotopic (exact) mass is 553 g/mol. The zero-order valence-corrected chi connectivity index (χ0v) is 20.8. The van der Waals surface area contributed by atoms with Gasteiger partial charge in [0.25, 0.3) is 0 Å². The molecule has 0 saturated carbocycles. The number of aromatic nitrogens is 3. The van der Waals surface area contributed by atoms with Crippen LogP contribution in [-0.2, 0) is 13.0 Å². The third-order valence-corrected chi connectivity index (χ3v) is 5.66. The van der Waals surface area contributed by atoms with Gasteiger partial charge in [0, 0.05) is 64.0 Å². The number of hydrogen-bond acceptors (Lipinski definition) is 4. The molecule has 1 aromatic carbocycles. The highest BCUT2D eigenvalue weighted by molar-refractivity contribution is 14.0. The van der Waals surface area contributed by atoms with Crippen molar-refractivity contribution in [2.24, 2.45) is 4.99 Å². The van der Waals surface area contributed by atoms with E-state index in [9.17, 15) is 0 Å².